The summed E-state index contributed by atoms with van der Waals surface area (Å²) in [6.45, 7) is 4.77. The number of nitrogens with zero attached hydrogens (tertiary/aromatic N) is 2. The number of benzene rings is 1. The molecule has 3 rings (SSSR count). The van der Waals surface area contributed by atoms with Crippen molar-refractivity contribution in [3.8, 4) is 0 Å². The summed E-state index contributed by atoms with van der Waals surface area (Å²) in [5.41, 5.74) is 2.24. The Morgan fingerprint density at radius 3 is 2.74 bits per heavy atom. The molecule has 1 aliphatic heterocycles. The van der Waals surface area contributed by atoms with E-state index in [1.807, 2.05) is 12.1 Å². The summed E-state index contributed by atoms with van der Waals surface area (Å²) in [4.78, 5) is 29.1. The maximum absolute atomic E-state index is 12.8. The molecule has 27 heavy (non-hydrogen) atoms. The van der Waals surface area contributed by atoms with Crippen molar-refractivity contribution >= 4 is 11.8 Å². The molecule has 6 heteroatoms. The van der Waals surface area contributed by atoms with Crippen LogP contribution in [0.5, 0.6) is 0 Å². The predicted octanol–water partition coefficient (Wildman–Crippen LogP) is 1.31. The van der Waals surface area contributed by atoms with Gasteiger partial charge in [0.2, 0.25) is 11.8 Å². The lowest BCUT2D eigenvalue weighted by molar-refractivity contribution is -0.140. The number of piperazine rings is 1. The highest BCUT2D eigenvalue weighted by Gasteiger charge is 2.39. The molecule has 2 fully saturated rings. The summed E-state index contributed by atoms with van der Waals surface area (Å²) in [7, 11) is 1.78. The van der Waals surface area contributed by atoms with Crippen molar-refractivity contribution in [3.63, 3.8) is 0 Å². The molecule has 2 N–H and O–H groups in total. The van der Waals surface area contributed by atoms with Gasteiger partial charge in [-0.1, -0.05) is 30.7 Å². The van der Waals surface area contributed by atoms with E-state index in [2.05, 4.69) is 29.3 Å². The minimum Gasteiger partial charge on any atom is -0.396 e. The van der Waals surface area contributed by atoms with Crippen LogP contribution in [-0.2, 0) is 16.1 Å². The fourth-order valence-corrected chi connectivity index (χ4v) is 4.14. The molecule has 2 aliphatic rings. The first-order valence-electron chi connectivity index (χ1n) is 9.85. The van der Waals surface area contributed by atoms with E-state index >= 15 is 0 Å². The highest BCUT2D eigenvalue weighted by molar-refractivity contribution is 5.88. The Kier molecular flexibility index (Phi) is 6.17. The van der Waals surface area contributed by atoms with Crippen LogP contribution in [0.15, 0.2) is 24.3 Å². The molecule has 0 spiro atoms. The first-order valence-corrected chi connectivity index (χ1v) is 9.85. The summed E-state index contributed by atoms with van der Waals surface area (Å²) >= 11 is 0. The molecule has 148 valence electrons. The number of nitrogens with one attached hydrogen (secondary N) is 1. The second kappa shape index (κ2) is 8.40. The molecule has 0 unspecified atom stereocenters. The molecule has 0 bridgehead atoms. The molecule has 1 aromatic carbocycles. The Bertz CT molecular complexity index is 681. The average molecular weight is 373 g/mol. The summed E-state index contributed by atoms with van der Waals surface area (Å²) in [5.74, 6) is -0.108. The van der Waals surface area contributed by atoms with Crippen LogP contribution in [0, 0.1) is 12.3 Å². The van der Waals surface area contributed by atoms with Gasteiger partial charge in [-0.2, -0.15) is 0 Å². The molecule has 0 aromatic heterocycles. The van der Waals surface area contributed by atoms with Crippen LogP contribution in [0.2, 0.25) is 0 Å². The Morgan fingerprint density at radius 1 is 1.37 bits per heavy atom. The molecule has 1 atom stereocenters. The third kappa shape index (κ3) is 4.50. The average Bonchev–Trinajstić information content (AvgIpc) is 2.62. The van der Waals surface area contributed by atoms with Gasteiger partial charge in [-0.3, -0.25) is 14.5 Å². The number of aliphatic hydroxyl groups excluding tert-OH is 1. The van der Waals surface area contributed by atoms with E-state index < -0.39 is 6.04 Å². The van der Waals surface area contributed by atoms with E-state index in [1.165, 1.54) is 11.1 Å². The van der Waals surface area contributed by atoms with Gasteiger partial charge in [0, 0.05) is 38.6 Å². The number of amides is 2. The topological polar surface area (TPSA) is 72.9 Å². The van der Waals surface area contributed by atoms with Crippen LogP contribution in [0.4, 0.5) is 0 Å². The van der Waals surface area contributed by atoms with Crippen molar-refractivity contribution in [1.29, 1.82) is 0 Å². The largest absolute Gasteiger partial charge is 0.396 e. The zero-order valence-corrected chi connectivity index (χ0v) is 16.4. The van der Waals surface area contributed by atoms with Gasteiger partial charge in [-0.15, -0.1) is 0 Å². The maximum Gasteiger partial charge on any atom is 0.237 e. The fraction of sp³-hybridized carbons (Fsp3) is 0.619. The van der Waals surface area contributed by atoms with E-state index in [1.54, 1.807) is 11.9 Å². The highest BCUT2D eigenvalue weighted by atomic mass is 16.3. The van der Waals surface area contributed by atoms with Crippen molar-refractivity contribution in [3.05, 3.63) is 35.4 Å². The van der Waals surface area contributed by atoms with Crippen molar-refractivity contribution < 1.29 is 14.7 Å². The van der Waals surface area contributed by atoms with Gasteiger partial charge < -0.3 is 15.3 Å². The fourth-order valence-electron chi connectivity index (χ4n) is 4.14. The second-order valence-corrected chi connectivity index (χ2v) is 8.17. The Morgan fingerprint density at radius 2 is 2.11 bits per heavy atom. The number of rotatable bonds is 7. The van der Waals surface area contributed by atoms with Crippen LogP contribution in [-0.4, -0.2) is 66.1 Å². The zero-order chi connectivity index (χ0) is 19.4. The van der Waals surface area contributed by atoms with E-state index in [0.29, 0.717) is 19.6 Å². The number of carbonyl (C=O) groups excluding carboxylic acids is 2. The van der Waals surface area contributed by atoms with Gasteiger partial charge in [0.05, 0.1) is 19.1 Å². The van der Waals surface area contributed by atoms with E-state index in [4.69, 9.17) is 0 Å². The lowest BCUT2D eigenvalue weighted by Gasteiger charge is -2.43. The Hall–Kier alpha value is -1.92. The monoisotopic (exact) mass is 373 g/mol. The van der Waals surface area contributed by atoms with E-state index in [9.17, 15) is 14.7 Å². The van der Waals surface area contributed by atoms with Crippen LogP contribution in [0.25, 0.3) is 0 Å². The van der Waals surface area contributed by atoms with Crippen molar-refractivity contribution in [2.75, 3.05) is 33.3 Å². The van der Waals surface area contributed by atoms with Crippen molar-refractivity contribution in [2.45, 2.75) is 45.2 Å². The third-order valence-corrected chi connectivity index (χ3v) is 6.19. The normalized spacial score (nSPS) is 22.0. The molecule has 6 nitrogen and oxygen atoms in total. The first kappa shape index (κ1) is 19.8. The molecular formula is C21H31N3O3. The van der Waals surface area contributed by atoms with Gasteiger partial charge in [0.1, 0.15) is 0 Å². The number of aryl methyl sites for hydroxylation is 1. The van der Waals surface area contributed by atoms with Gasteiger partial charge in [0.25, 0.3) is 0 Å². The molecule has 1 heterocycles. The number of hydrogen-bond donors (Lipinski definition) is 2. The number of aliphatic hydroxyl groups is 1. The minimum absolute atomic E-state index is 0.0356. The van der Waals surface area contributed by atoms with Gasteiger partial charge in [-0.05, 0) is 30.9 Å². The Balaban J connectivity index is 1.65. The SMILES string of the molecule is Cc1ccccc1CN1CCNC(=O)[C@H]1CC(=O)N(C)CC1(CO)CCC1. The van der Waals surface area contributed by atoms with E-state index in [-0.39, 0.29) is 30.3 Å². The lowest BCUT2D eigenvalue weighted by Crippen LogP contribution is -2.56. The molecule has 1 aromatic rings. The predicted molar refractivity (Wildman–Crippen MR) is 104 cm³/mol. The standard InChI is InChI=1S/C21H31N3O3/c1-16-6-3-4-7-17(16)13-24-11-10-22-20(27)18(24)12-19(26)23(2)14-21(15-25)8-5-9-21/h3-4,6-7,18,25H,5,8-15H2,1-2H3,(H,22,27)/t18-/m1/s1. The summed E-state index contributed by atoms with van der Waals surface area (Å²) < 4.78 is 0. The molecule has 2 amide bonds. The van der Waals surface area contributed by atoms with Gasteiger partial charge >= 0.3 is 0 Å². The van der Waals surface area contributed by atoms with Gasteiger partial charge in [-0.25, -0.2) is 0 Å². The summed E-state index contributed by atoms with van der Waals surface area (Å²) in [6.07, 6.45) is 3.21. The highest BCUT2D eigenvalue weighted by Crippen LogP contribution is 2.40. The zero-order valence-electron chi connectivity index (χ0n) is 16.4. The molecule has 0 radical (unpaired) electrons. The quantitative estimate of drug-likeness (QED) is 0.756. The maximum atomic E-state index is 12.8. The molecule has 1 saturated heterocycles. The van der Waals surface area contributed by atoms with Crippen LogP contribution < -0.4 is 5.32 Å². The van der Waals surface area contributed by atoms with Crippen LogP contribution in [0.1, 0.15) is 36.8 Å². The number of hydrogen-bond acceptors (Lipinski definition) is 4. The number of carbonyl (C=O) groups is 2. The third-order valence-electron chi connectivity index (χ3n) is 6.19. The molecular weight excluding hydrogens is 342 g/mol. The second-order valence-electron chi connectivity index (χ2n) is 8.17. The summed E-state index contributed by atoms with van der Waals surface area (Å²) in [6, 6.07) is 7.72. The van der Waals surface area contributed by atoms with Crippen molar-refractivity contribution in [2.24, 2.45) is 5.41 Å². The van der Waals surface area contributed by atoms with Crippen molar-refractivity contribution in [1.82, 2.24) is 15.1 Å². The van der Waals surface area contributed by atoms with Gasteiger partial charge in [0.15, 0.2) is 0 Å². The lowest BCUT2D eigenvalue weighted by atomic mass is 9.69. The molecule has 1 saturated carbocycles. The van der Waals surface area contributed by atoms with E-state index in [0.717, 1.165) is 25.8 Å². The molecule has 1 aliphatic carbocycles. The van der Waals surface area contributed by atoms with Crippen LogP contribution in [0.3, 0.4) is 0 Å². The minimum atomic E-state index is -0.445. The Labute approximate surface area is 161 Å². The summed E-state index contributed by atoms with van der Waals surface area (Å²) in [5, 5.41) is 12.5. The van der Waals surface area contributed by atoms with Crippen LogP contribution >= 0.6 is 0 Å². The smallest absolute Gasteiger partial charge is 0.237 e. The first-order chi connectivity index (χ1) is 12.9.